The van der Waals surface area contributed by atoms with Gasteiger partial charge in [-0.05, 0) is 41.1 Å². The van der Waals surface area contributed by atoms with Gasteiger partial charge in [0.1, 0.15) is 17.1 Å². The van der Waals surface area contributed by atoms with E-state index in [1.807, 2.05) is 0 Å². The van der Waals surface area contributed by atoms with Gasteiger partial charge in [0.2, 0.25) is 0 Å². The fraction of sp³-hybridized carbons (Fsp3) is 0.0526. The molecule has 2 N–H and O–H groups in total. The van der Waals surface area contributed by atoms with Gasteiger partial charge in [-0.1, -0.05) is 35.9 Å². The van der Waals surface area contributed by atoms with Gasteiger partial charge >= 0.3 is 5.97 Å². The maximum Gasteiger partial charge on any atom is 0.342 e. The molecule has 1 amide bonds. The SMILES string of the molecule is O=C(COC(=O)c1cc2ccccc2cc1O)Nc1ccc(Cl)cc1F. The van der Waals surface area contributed by atoms with Crippen LogP contribution in [0.15, 0.2) is 54.6 Å². The lowest BCUT2D eigenvalue weighted by Gasteiger charge is -2.09. The molecule has 7 heteroatoms. The van der Waals surface area contributed by atoms with Crippen molar-refractivity contribution >= 4 is 39.9 Å². The number of phenolic OH excluding ortho intramolecular Hbond substituents is 1. The average Bonchev–Trinajstić information content (AvgIpc) is 2.61. The number of nitrogens with one attached hydrogen (secondary N) is 1. The molecule has 0 aliphatic heterocycles. The number of esters is 1. The van der Waals surface area contributed by atoms with E-state index in [0.717, 1.165) is 16.8 Å². The van der Waals surface area contributed by atoms with Crippen LogP contribution in [0.1, 0.15) is 10.4 Å². The first-order valence-corrected chi connectivity index (χ1v) is 7.95. The van der Waals surface area contributed by atoms with E-state index in [1.165, 1.54) is 24.3 Å². The second-order valence-corrected chi connectivity index (χ2v) is 5.90. The predicted molar refractivity (Wildman–Crippen MR) is 95.9 cm³/mol. The van der Waals surface area contributed by atoms with Gasteiger partial charge in [-0.25, -0.2) is 9.18 Å². The molecule has 5 nitrogen and oxygen atoms in total. The molecule has 26 heavy (non-hydrogen) atoms. The molecule has 3 rings (SSSR count). The number of aromatic hydroxyl groups is 1. The van der Waals surface area contributed by atoms with E-state index in [1.54, 1.807) is 24.3 Å². The van der Waals surface area contributed by atoms with E-state index in [0.29, 0.717) is 0 Å². The van der Waals surface area contributed by atoms with Crippen molar-refractivity contribution in [2.24, 2.45) is 0 Å². The number of fused-ring (bicyclic) bond motifs is 1. The second-order valence-electron chi connectivity index (χ2n) is 5.46. The lowest BCUT2D eigenvalue weighted by molar-refractivity contribution is -0.119. The molecule has 0 bridgehead atoms. The third-order valence-electron chi connectivity index (χ3n) is 3.62. The highest BCUT2D eigenvalue weighted by atomic mass is 35.5. The third kappa shape index (κ3) is 3.92. The quantitative estimate of drug-likeness (QED) is 0.674. The molecular weight excluding hydrogens is 361 g/mol. The van der Waals surface area contributed by atoms with Crippen molar-refractivity contribution in [3.05, 3.63) is 71.0 Å². The summed E-state index contributed by atoms with van der Waals surface area (Å²) in [6, 6.07) is 13.9. The lowest BCUT2D eigenvalue weighted by Crippen LogP contribution is -2.21. The van der Waals surface area contributed by atoms with Crippen LogP contribution in [0.2, 0.25) is 5.02 Å². The summed E-state index contributed by atoms with van der Waals surface area (Å²) in [5, 5.41) is 13.9. The topological polar surface area (TPSA) is 75.6 Å². The summed E-state index contributed by atoms with van der Waals surface area (Å²) >= 11 is 5.63. The normalized spacial score (nSPS) is 10.5. The van der Waals surface area contributed by atoms with Crippen molar-refractivity contribution in [2.75, 3.05) is 11.9 Å². The number of phenols is 1. The standard InChI is InChI=1S/C19H13ClFNO4/c20-13-5-6-16(15(21)9-13)22-18(24)10-26-19(25)14-7-11-3-1-2-4-12(11)8-17(14)23/h1-9,23H,10H2,(H,22,24). The van der Waals surface area contributed by atoms with Gasteiger partial charge in [0.05, 0.1) is 5.69 Å². The summed E-state index contributed by atoms with van der Waals surface area (Å²) < 4.78 is 18.5. The fourth-order valence-corrected chi connectivity index (χ4v) is 2.54. The van der Waals surface area contributed by atoms with Crippen LogP contribution in [0.4, 0.5) is 10.1 Å². The van der Waals surface area contributed by atoms with Crippen molar-refractivity contribution in [3.63, 3.8) is 0 Å². The number of hydrogen-bond acceptors (Lipinski definition) is 4. The number of hydrogen-bond donors (Lipinski definition) is 2. The highest BCUT2D eigenvalue weighted by Gasteiger charge is 2.16. The maximum absolute atomic E-state index is 13.6. The second kappa shape index (κ2) is 7.41. The number of carbonyl (C=O) groups is 2. The number of anilines is 1. The lowest BCUT2D eigenvalue weighted by atomic mass is 10.1. The molecule has 0 aliphatic rings. The van der Waals surface area contributed by atoms with Gasteiger partial charge in [0, 0.05) is 5.02 Å². The Morgan fingerprint density at radius 3 is 2.46 bits per heavy atom. The Morgan fingerprint density at radius 1 is 1.08 bits per heavy atom. The van der Waals surface area contributed by atoms with Gasteiger partial charge in [-0.2, -0.15) is 0 Å². The van der Waals surface area contributed by atoms with Gasteiger partial charge in [0.25, 0.3) is 5.91 Å². The average molecular weight is 374 g/mol. The summed E-state index contributed by atoms with van der Waals surface area (Å²) in [6.45, 7) is -0.632. The number of benzene rings is 3. The highest BCUT2D eigenvalue weighted by Crippen LogP contribution is 2.25. The minimum atomic E-state index is -0.861. The Balaban J connectivity index is 1.66. The van der Waals surface area contributed by atoms with Crippen molar-refractivity contribution in [2.45, 2.75) is 0 Å². The Bertz CT molecular complexity index is 1010. The van der Waals surface area contributed by atoms with E-state index in [9.17, 15) is 19.1 Å². The fourth-order valence-electron chi connectivity index (χ4n) is 2.38. The van der Waals surface area contributed by atoms with Crippen LogP contribution in [-0.2, 0) is 9.53 Å². The zero-order valence-electron chi connectivity index (χ0n) is 13.3. The molecule has 0 spiro atoms. The van der Waals surface area contributed by atoms with Crippen LogP contribution in [0.3, 0.4) is 0 Å². The molecule has 3 aromatic carbocycles. The summed E-state index contributed by atoms with van der Waals surface area (Å²) in [5.41, 5.74) is -0.141. The monoisotopic (exact) mass is 373 g/mol. The number of halogens is 2. The number of carbonyl (C=O) groups excluding carboxylic acids is 2. The molecule has 0 atom stereocenters. The molecule has 3 aromatic rings. The van der Waals surface area contributed by atoms with Crippen molar-refractivity contribution < 1.29 is 23.8 Å². The summed E-state index contributed by atoms with van der Waals surface area (Å²) in [4.78, 5) is 24.0. The zero-order valence-corrected chi connectivity index (χ0v) is 14.1. The Hall–Kier alpha value is -3.12. The Morgan fingerprint density at radius 2 is 1.77 bits per heavy atom. The predicted octanol–water partition coefficient (Wildman–Crippen LogP) is 4.13. The molecule has 0 fully saturated rings. The number of amides is 1. The zero-order chi connectivity index (χ0) is 18.7. The van der Waals surface area contributed by atoms with E-state index in [2.05, 4.69) is 5.32 Å². The van der Waals surface area contributed by atoms with E-state index >= 15 is 0 Å². The third-order valence-corrected chi connectivity index (χ3v) is 3.86. The molecule has 0 radical (unpaired) electrons. The van der Waals surface area contributed by atoms with E-state index < -0.39 is 24.3 Å². The van der Waals surface area contributed by atoms with Gasteiger partial charge in [0.15, 0.2) is 6.61 Å². The summed E-state index contributed by atoms with van der Waals surface area (Å²) in [7, 11) is 0. The van der Waals surface area contributed by atoms with Crippen LogP contribution in [0, 0.1) is 5.82 Å². The largest absolute Gasteiger partial charge is 0.507 e. The van der Waals surface area contributed by atoms with Crippen molar-refractivity contribution in [3.8, 4) is 5.75 Å². The van der Waals surface area contributed by atoms with Crippen LogP contribution in [-0.4, -0.2) is 23.6 Å². The minimum Gasteiger partial charge on any atom is -0.507 e. The van der Waals surface area contributed by atoms with Gasteiger partial charge in [-0.3, -0.25) is 4.79 Å². The Kier molecular flexibility index (Phi) is 5.04. The first-order chi connectivity index (χ1) is 12.4. The number of ether oxygens (including phenoxy) is 1. The molecule has 0 heterocycles. The van der Waals surface area contributed by atoms with Crippen LogP contribution < -0.4 is 5.32 Å². The van der Waals surface area contributed by atoms with Crippen molar-refractivity contribution in [1.29, 1.82) is 0 Å². The smallest absolute Gasteiger partial charge is 0.342 e. The summed E-state index contributed by atoms with van der Waals surface area (Å²) in [6.07, 6.45) is 0. The van der Waals surface area contributed by atoms with Crippen molar-refractivity contribution in [1.82, 2.24) is 0 Å². The molecule has 0 saturated heterocycles. The number of rotatable bonds is 4. The van der Waals surface area contributed by atoms with Crippen LogP contribution >= 0.6 is 11.6 Å². The Labute approximate surface area is 153 Å². The van der Waals surface area contributed by atoms with E-state index in [4.69, 9.17) is 16.3 Å². The first-order valence-electron chi connectivity index (χ1n) is 7.58. The van der Waals surface area contributed by atoms with Gasteiger partial charge < -0.3 is 15.2 Å². The van der Waals surface area contributed by atoms with Crippen LogP contribution in [0.5, 0.6) is 5.75 Å². The molecule has 0 aliphatic carbocycles. The summed E-state index contributed by atoms with van der Waals surface area (Å²) in [5.74, 6) is -2.54. The minimum absolute atomic E-state index is 0.0610. The van der Waals surface area contributed by atoms with Crippen LogP contribution in [0.25, 0.3) is 10.8 Å². The van der Waals surface area contributed by atoms with Gasteiger partial charge in [-0.15, -0.1) is 0 Å². The van der Waals surface area contributed by atoms with E-state index in [-0.39, 0.29) is 22.0 Å². The molecule has 0 saturated carbocycles. The molecule has 132 valence electrons. The molecule has 0 aromatic heterocycles. The maximum atomic E-state index is 13.6. The highest BCUT2D eigenvalue weighted by molar-refractivity contribution is 6.30. The molecular formula is C19H13ClFNO4. The first kappa shape index (κ1) is 17.7. The molecule has 0 unspecified atom stereocenters.